The first-order valence-corrected chi connectivity index (χ1v) is 8.93. The van der Waals surface area contributed by atoms with Crippen LogP contribution in [-0.4, -0.2) is 43.9 Å². The van der Waals surface area contributed by atoms with Gasteiger partial charge in [-0.25, -0.2) is 19.1 Å². The quantitative estimate of drug-likeness (QED) is 0.385. The number of carbonyl (C=O) groups excluding carboxylic acids is 2. The first kappa shape index (κ1) is 20.5. The monoisotopic (exact) mass is 447 g/mol. The summed E-state index contributed by atoms with van der Waals surface area (Å²) in [5.74, 6) is -1.88. The molecule has 0 saturated carbocycles. The molecule has 11 heteroatoms. The second-order valence-corrected chi connectivity index (χ2v) is 8.17. The van der Waals surface area contributed by atoms with Crippen molar-refractivity contribution in [1.29, 1.82) is 0 Å². The number of amidine groups is 1. The van der Waals surface area contributed by atoms with E-state index in [0.717, 1.165) is 15.9 Å². The van der Waals surface area contributed by atoms with Gasteiger partial charge in [0.05, 0.1) is 5.69 Å². The Kier molecular flexibility index (Phi) is 6.44. The molecule has 1 aliphatic rings. The van der Waals surface area contributed by atoms with Crippen molar-refractivity contribution < 1.29 is 14.0 Å². The minimum Gasteiger partial charge on any atom is -0.265 e. The van der Waals surface area contributed by atoms with Crippen molar-refractivity contribution >= 4 is 81.5 Å². The summed E-state index contributed by atoms with van der Waals surface area (Å²) in [6.07, 6.45) is 0. The number of nitrogens with zero attached hydrogens (tertiary/aromatic N) is 3. The van der Waals surface area contributed by atoms with E-state index in [0.29, 0.717) is 0 Å². The van der Waals surface area contributed by atoms with Crippen LogP contribution >= 0.6 is 58.0 Å². The van der Waals surface area contributed by atoms with Crippen LogP contribution in [0.5, 0.6) is 0 Å². The summed E-state index contributed by atoms with van der Waals surface area (Å²) >= 11 is 29.0. The Bertz CT molecular complexity index is 725. The summed E-state index contributed by atoms with van der Waals surface area (Å²) in [6.45, 7) is 1.64. The fourth-order valence-electron chi connectivity index (χ4n) is 2.09. The smallest absolute Gasteiger partial charge is 0.265 e. The highest BCUT2D eigenvalue weighted by atomic mass is 35.6. The van der Waals surface area contributed by atoms with Crippen LogP contribution in [0, 0.1) is 5.82 Å². The first-order chi connectivity index (χ1) is 11.6. The van der Waals surface area contributed by atoms with Gasteiger partial charge in [0.15, 0.2) is 0 Å². The second kappa shape index (κ2) is 7.84. The minimum atomic E-state index is -1.96. The molecule has 0 aromatic heterocycles. The molecule has 0 spiro atoms. The SMILES string of the molecule is CCN1C(=O)/C(=N/C(Cl)C(Cl)C(Cl)(Cl)Cl)N(c2ccccc2F)C1=O. The maximum Gasteiger partial charge on any atom is 0.337 e. The van der Waals surface area contributed by atoms with Gasteiger partial charge in [-0.3, -0.25) is 9.69 Å². The number of hydrogen-bond donors (Lipinski definition) is 0. The van der Waals surface area contributed by atoms with Crippen molar-refractivity contribution in [3.63, 3.8) is 0 Å². The Morgan fingerprint density at radius 2 is 1.80 bits per heavy atom. The van der Waals surface area contributed by atoms with Crippen molar-refractivity contribution in [2.24, 2.45) is 4.99 Å². The van der Waals surface area contributed by atoms with Gasteiger partial charge in [-0.15, -0.1) is 11.6 Å². The van der Waals surface area contributed by atoms with Gasteiger partial charge in [-0.05, 0) is 19.1 Å². The Morgan fingerprint density at radius 1 is 1.20 bits per heavy atom. The topological polar surface area (TPSA) is 53.0 Å². The molecule has 1 aliphatic heterocycles. The highest BCUT2D eigenvalue weighted by molar-refractivity contribution is 6.70. The molecule has 0 radical (unpaired) electrons. The van der Waals surface area contributed by atoms with Crippen molar-refractivity contribution in [3.05, 3.63) is 30.1 Å². The zero-order valence-electron chi connectivity index (χ0n) is 12.6. The van der Waals surface area contributed by atoms with E-state index in [1.165, 1.54) is 18.2 Å². The fourth-order valence-corrected chi connectivity index (χ4v) is 2.98. The number of para-hydroxylation sites is 1. The summed E-state index contributed by atoms with van der Waals surface area (Å²) in [5.41, 5.74) is -1.51. The molecule has 2 rings (SSSR count). The number of benzene rings is 1. The lowest BCUT2D eigenvalue weighted by atomic mass is 10.3. The number of urea groups is 1. The molecular weight excluding hydrogens is 438 g/mol. The number of halogens is 6. The van der Waals surface area contributed by atoms with Gasteiger partial charge in [-0.2, -0.15) is 0 Å². The lowest BCUT2D eigenvalue weighted by Gasteiger charge is -2.21. The molecule has 1 aromatic carbocycles. The van der Waals surface area contributed by atoms with Crippen molar-refractivity contribution in [3.8, 4) is 0 Å². The predicted molar refractivity (Wildman–Crippen MR) is 98.7 cm³/mol. The third kappa shape index (κ3) is 4.14. The molecule has 0 aliphatic carbocycles. The average molecular weight is 450 g/mol. The maximum absolute atomic E-state index is 14.1. The first-order valence-electron chi connectivity index (χ1n) is 6.92. The van der Waals surface area contributed by atoms with Gasteiger partial charge < -0.3 is 0 Å². The van der Waals surface area contributed by atoms with Gasteiger partial charge in [-0.1, -0.05) is 58.5 Å². The van der Waals surface area contributed by atoms with E-state index < -0.39 is 38.3 Å². The third-order valence-electron chi connectivity index (χ3n) is 3.28. The van der Waals surface area contributed by atoms with Gasteiger partial charge in [0.2, 0.25) is 9.63 Å². The fraction of sp³-hybridized carbons (Fsp3) is 0.357. The number of alkyl halides is 5. The van der Waals surface area contributed by atoms with E-state index in [9.17, 15) is 14.0 Å². The van der Waals surface area contributed by atoms with Crippen LogP contribution in [0.15, 0.2) is 29.3 Å². The van der Waals surface area contributed by atoms with Crippen LogP contribution in [0.4, 0.5) is 14.9 Å². The molecule has 3 amide bonds. The van der Waals surface area contributed by atoms with Crippen LogP contribution in [-0.2, 0) is 4.79 Å². The Balaban J connectivity index is 2.52. The molecule has 2 unspecified atom stereocenters. The normalized spacial score (nSPS) is 19.7. The zero-order valence-corrected chi connectivity index (χ0v) is 16.4. The lowest BCUT2D eigenvalue weighted by Crippen LogP contribution is -2.35. The molecule has 0 bridgehead atoms. The Hall–Kier alpha value is -0.790. The summed E-state index contributed by atoms with van der Waals surface area (Å²) in [4.78, 5) is 30.6. The number of carbonyl (C=O) groups is 2. The number of hydrogen-bond acceptors (Lipinski definition) is 3. The predicted octanol–water partition coefficient (Wildman–Crippen LogP) is 4.56. The molecule has 136 valence electrons. The summed E-state index contributed by atoms with van der Waals surface area (Å²) < 4.78 is 12.2. The van der Waals surface area contributed by atoms with Crippen LogP contribution < -0.4 is 4.90 Å². The lowest BCUT2D eigenvalue weighted by molar-refractivity contribution is -0.120. The number of anilines is 1. The Morgan fingerprint density at radius 3 is 2.32 bits per heavy atom. The van der Waals surface area contributed by atoms with Crippen molar-refractivity contribution in [2.45, 2.75) is 21.6 Å². The van der Waals surface area contributed by atoms with Gasteiger partial charge in [0.1, 0.15) is 16.7 Å². The molecule has 1 saturated heterocycles. The van der Waals surface area contributed by atoms with Crippen molar-refractivity contribution in [2.75, 3.05) is 11.4 Å². The number of likely N-dealkylation sites (N-methyl/N-ethyl adjacent to an activating group) is 1. The standard InChI is InChI=1S/C14H11Cl5FN3O2/c1-2-22-12(24)11(21-10(16)9(15)14(17,18)19)23(13(22)25)8-6-4-3-5-7(8)20/h3-6,9-10H,2H2,1H3/b21-11-. The molecule has 0 N–H and O–H groups in total. The van der Waals surface area contributed by atoms with E-state index >= 15 is 0 Å². The highest BCUT2D eigenvalue weighted by Gasteiger charge is 2.45. The van der Waals surface area contributed by atoms with Gasteiger partial charge in [0.25, 0.3) is 5.91 Å². The number of amides is 3. The van der Waals surface area contributed by atoms with Gasteiger partial charge >= 0.3 is 6.03 Å². The minimum absolute atomic E-state index is 0.0589. The van der Waals surface area contributed by atoms with Crippen LogP contribution in [0.25, 0.3) is 0 Å². The van der Waals surface area contributed by atoms with E-state index in [-0.39, 0.29) is 12.2 Å². The van der Waals surface area contributed by atoms with Crippen LogP contribution in [0.2, 0.25) is 0 Å². The van der Waals surface area contributed by atoms with Crippen molar-refractivity contribution in [1.82, 2.24) is 4.90 Å². The maximum atomic E-state index is 14.1. The highest BCUT2D eigenvalue weighted by Crippen LogP contribution is 2.38. The zero-order chi connectivity index (χ0) is 18.9. The largest absolute Gasteiger partial charge is 0.337 e. The van der Waals surface area contributed by atoms with E-state index in [4.69, 9.17) is 58.0 Å². The van der Waals surface area contributed by atoms with E-state index in [1.54, 1.807) is 6.92 Å². The summed E-state index contributed by atoms with van der Waals surface area (Å²) in [5, 5.41) is -1.30. The summed E-state index contributed by atoms with van der Waals surface area (Å²) in [6, 6.07) is 4.65. The molecule has 5 nitrogen and oxygen atoms in total. The number of aliphatic imine (C=N–C) groups is 1. The molecule has 1 fully saturated rings. The molecular formula is C14H11Cl5FN3O2. The molecule has 1 heterocycles. The number of rotatable bonds is 4. The number of imide groups is 1. The van der Waals surface area contributed by atoms with Crippen LogP contribution in [0.3, 0.4) is 0 Å². The molecule has 25 heavy (non-hydrogen) atoms. The van der Waals surface area contributed by atoms with E-state index in [1.807, 2.05) is 0 Å². The molecule has 1 aromatic rings. The van der Waals surface area contributed by atoms with E-state index in [2.05, 4.69) is 4.99 Å². The average Bonchev–Trinajstić information content (AvgIpc) is 2.76. The van der Waals surface area contributed by atoms with Gasteiger partial charge in [0, 0.05) is 6.54 Å². The molecule has 2 atom stereocenters. The second-order valence-electron chi connectivity index (χ2n) is 4.89. The third-order valence-corrected chi connectivity index (χ3v) is 5.36. The summed E-state index contributed by atoms with van der Waals surface area (Å²) in [7, 11) is 0. The Labute approximate surface area is 168 Å². The van der Waals surface area contributed by atoms with Crippen LogP contribution in [0.1, 0.15) is 6.92 Å².